The number of halogens is 5. The molecule has 0 radical (unpaired) electrons. The summed E-state index contributed by atoms with van der Waals surface area (Å²) in [6, 6.07) is 8.80. The average Bonchev–Trinajstić information content (AvgIpc) is 2.66. The predicted molar refractivity (Wildman–Crippen MR) is 92.0 cm³/mol. The molecule has 3 rings (SSSR count). The van der Waals surface area contributed by atoms with Crippen molar-refractivity contribution >= 4 is 11.6 Å². The number of hydrogen-bond acceptors (Lipinski definition) is 5. The van der Waals surface area contributed by atoms with Gasteiger partial charge in [0.1, 0.15) is 5.75 Å². The Labute approximate surface area is 161 Å². The molecule has 3 aromatic rings. The summed E-state index contributed by atoms with van der Waals surface area (Å²) in [6.45, 7) is 0.158. The number of rotatable bonds is 6. The normalized spacial score (nSPS) is 11.3. The Bertz CT molecular complexity index is 935. The maximum atomic E-state index is 13.5. The van der Waals surface area contributed by atoms with Crippen molar-refractivity contribution in [2.75, 3.05) is 6.61 Å². The molecule has 0 saturated heterocycles. The van der Waals surface area contributed by atoms with Crippen LogP contribution in [0.15, 0.2) is 48.8 Å². The summed E-state index contributed by atoms with van der Waals surface area (Å²) in [5.74, 6) is -0.490. The van der Waals surface area contributed by atoms with Gasteiger partial charge in [0.15, 0.2) is 0 Å². The van der Waals surface area contributed by atoms with Crippen molar-refractivity contribution in [3.63, 3.8) is 0 Å². The minimum atomic E-state index is -4.45. The van der Waals surface area contributed by atoms with Gasteiger partial charge < -0.3 is 9.47 Å². The molecule has 0 aliphatic rings. The van der Waals surface area contributed by atoms with Gasteiger partial charge in [0.25, 0.3) is 5.88 Å². The lowest BCUT2D eigenvalue weighted by Gasteiger charge is -2.09. The number of aromatic nitrogens is 3. The summed E-state index contributed by atoms with van der Waals surface area (Å²) in [5.41, 5.74) is 0.0184. The minimum Gasteiger partial charge on any atom is -0.475 e. The standard InChI is InChI=1S/C18H12ClF4N3O2/c19-17-25-10-14(20)16(26-17)27-8-7-11-1-4-13(5-2-11)28-15-6-3-12(9-24-15)18(21,22)23/h1-6,9-10H,7-8H2. The van der Waals surface area contributed by atoms with Gasteiger partial charge in [0.2, 0.25) is 17.0 Å². The Balaban J connectivity index is 1.54. The van der Waals surface area contributed by atoms with Gasteiger partial charge in [-0.05, 0) is 35.4 Å². The second-order valence-corrected chi connectivity index (χ2v) is 5.86. The van der Waals surface area contributed by atoms with Gasteiger partial charge >= 0.3 is 6.18 Å². The first kappa shape index (κ1) is 19.8. The van der Waals surface area contributed by atoms with Crippen LogP contribution in [0.5, 0.6) is 17.5 Å². The van der Waals surface area contributed by atoms with Crippen molar-refractivity contribution in [2.45, 2.75) is 12.6 Å². The van der Waals surface area contributed by atoms with Gasteiger partial charge in [-0.1, -0.05) is 12.1 Å². The largest absolute Gasteiger partial charge is 0.475 e. The van der Waals surface area contributed by atoms with Crippen molar-refractivity contribution < 1.29 is 27.0 Å². The van der Waals surface area contributed by atoms with Crippen LogP contribution in [0.1, 0.15) is 11.1 Å². The van der Waals surface area contributed by atoms with Crippen LogP contribution >= 0.6 is 11.6 Å². The molecule has 0 spiro atoms. The zero-order chi connectivity index (χ0) is 20.1. The summed E-state index contributed by atoms with van der Waals surface area (Å²) in [6.07, 6.45) is -2.36. The van der Waals surface area contributed by atoms with E-state index in [-0.39, 0.29) is 23.7 Å². The molecule has 0 amide bonds. The molecule has 2 aromatic heterocycles. The van der Waals surface area contributed by atoms with Gasteiger partial charge in [-0.25, -0.2) is 9.97 Å². The number of alkyl halides is 3. The molecule has 5 nitrogen and oxygen atoms in total. The predicted octanol–water partition coefficient (Wildman–Crippen LogP) is 5.10. The van der Waals surface area contributed by atoms with E-state index in [4.69, 9.17) is 21.1 Å². The topological polar surface area (TPSA) is 57.1 Å². The highest BCUT2D eigenvalue weighted by molar-refractivity contribution is 6.28. The highest BCUT2D eigenvalue weighted by Crippen LogP contribution is 2.30. The van der Waals surface area contributed by atoms with Crippen LogP contribution in [0.4, 0.5) is 17.6 Å². The highest BCUT2D eigenvalue weighted by atomic mass is 35.5. The Morgan fingerprint density at radius 2 is 1.71 bits per heavy atom. The van der Waals surface area contributed by atoms with Crippen LogP contribution in [0.2, 0.25) is 5.28 Å². The summed E-state index contributed by atoms with van der Waals surface area (Å²) in [5, 5.41) is -0.116. The lowest BCUT2D eigenvalue weighted by Crippen LogP contribution is -2.05. The molecule has 0 saturated carbocycles. The van der Waals surface area contributed by atoms with Gasteiger partial charge in [0, 0.05) is 18.7 Å². The number of pyridine rings is 1. The molecule has 146 valence electrons. The molecule has 0 N–H and O–H groups in total. The third-order valence-electron chi connectivity index (χ3n) is 3.52. The number of hydrogen-bond donors (Lipinski definition) is 0. The average molecular weight is 414 g/mol. The maximum Gasteiger partial charge on any atom is 0.417 e. The third kappa shape index (κ3) is 5.29. The Morgan fingerprint density at radius 3 is 2.36 bits per heavy atom. The molecule has 0 atom stereocenters. The van der Waals surface area contributed by atoms with Gasteiger partial charge in [-0.15, -0.1) is 0 Å². The molecule has 0 bridgehead atoms. The van der Waals surface area contributed by atoms with Crippen LogP contribution in [0.25, 0.3) is 0 Å². The van der Waals surface area contributed by atoms with E-state index < -0.39 is 17.6 Å². The summed E-state index contributed by atoms with van der Waals surface area (Å²) < 4.78 is 61.7. The fourth-order valence-corrected chi connectivity index (χ4v) is 2.28. The summed E-state index contributed by atoms with van der Waals surface area (Å²) >= 11 is 5.58. The van der Waals surface area contributed by atoms with E-state index in [1.807, 2.05) is 0 Å². The second kappa shape index (κ2) is 8.39. The molecular weight excluding hydrogens is 402 g/mol. The molecule has 2 heterocycles. The molecule has 0 aliphatic carbocycles. The van der Waals surface area contributed by atoms with Crippen molar-refractivity contribution in [1.82, 2.24) is 15.0 Å². The van der Waals surface area contributed by atoms with E-state index >= 15 is 0 Å². The first-order valence-electron chi connectivity index (χ1n) is 7.92. The second-order valence-electron chi connectivity index (χ2n) is 5.52. The first-order valence-corrected chi connectivity index (χ1v) is 8.30. The lowest BCUT2D eigenvalue weighted by molar-refractivity contribution is -0.137. The molecule has 0 unspecified atom stereocenters. The molecule has 28 heavy (non-hydrogen) atoms. The minimum absolute atomic E-state index is 0.0419. The first-order chi connectivity index (χ1) is 13.3. The molecular formula is C18H12ClF4N3O2. The fourth-order valence-electron chi connectivity index (χ4n) is 2.15. The van der Waals surface area contributed by atoms with E-state index in [0.717, 1.165) is 23.9 Å². The van der Waals surface area contributed by atoms with Crippen LogP contribution in [0.3, 0.4) is 0 Å². The fraction of sp³-hybridized carbons (Fsp3) is 0.167. The smallest absolute Gasteiger partial charge is 0.417 e. The third-order valence-corrected chi connectivity index (χ3v) is 3.70. The van der Waals surface area contributed by atoms with Gasteiger partial charge in [0.05, 0.1) is 18.4 Å². The SMILES string of the molecule is Fc1cnc(Cl)nc1OCCc1ccc(Oc2ccc(C(F)(F)F)cn2)cc1. The van der Waals surface area contributed by atoms with Crippen molar-refractivity contribution in [3.05, 3.63) is 71.0 Å². The Hall–Kier alpha value is -2.94. The lowest BCUT2D eigenvalue weighted by atomic mass is 10.1. The van der Waals surface area contributed by atoms with E-state index in [2.05, 4.69) is 15.0 Å². The zero-order valence-electron chi connectivity index (χ0n) is 14.1. The van der Waals surface area contributed by atoms with E-state index in [1.54, 1.807) is 24.3 Å². The quantitative estimate of drug-likeness (QED) is 0.416. The van der Waals surface area contributed by atoms with E-state index in [9.17, 15) is 17.6 Å². The highest BCUT2D eigenvalue weighted by Gasteiger charge is 2.30. The number of ether oxygens (including phenoxy) is 2. The van der Waals surface area contributed by atoms with Crippen LogP contribution in [-0.2, 0) is 12.6 Å². The number of benzene rings is 1. The van der Waals surface area contributed by atoms with E-state index in [1.165, 1.54) is 0 Å². The van der Waals surface area contributed by atoms with Crippen LogP contribution < -0.4 is 9.47 Å². The van der Waals surface area contributed by atoms with Crippen LogP contribution in [0, 0.1) is 5.82 Å². The van der Waals surface area contributed by atoms with Crippen molar-refractivity contribution in [1.29, 1.82) is 0 Å². The molecule has 0 fully saturated rings. The molecule has 1 aromatic carbocycles. The summed E-state index contributed by atoms with van der Waals surface area (Å²) in [4.78, 5) is 10.8. The molecule has 0 aliphatic heterocycles. The molecule has 10 heteroatoms. The Kier molecular flexibility index (Phi) is 5.93. The van der Waals surface area contributed by atoms with Crippen LogP contribution in [-0.4, -0.2) is 21.6 Å². The van der Waals surface area contributed by atoms with E-state index in [0.29, 0.717) is 18.4 Å². The van der Waals surface area contributed by atoms with Gasteiger partial charge in [-0.3, -0.25) is 0 Å². The number of nitrogens with zero attached hydrogens (tertiary/aromatic N) is 3. The summed E-state index contributed by atoms with van der Waals surface area (Å²) in [7, 11) is 0. The Morgan fingerprint density at radius 1 is 0.964 bits per heavy atom. The monoisotopic (exact) mass is 413 g/mol. The van der Waals surface area contributed by atoms with Crippen molar-refractivity contribution in [2.24, 2.45) is 0 Å². The maximum absolute atomic E-state index is 13.5. The van der Waals surface area contributed by atoms with Gasteiger partial charge in [-0.2, -0.15) is 22.5 Å². The zero-order valence-corrected chi connectivity index (χ0v) is 14.8. The van der Waals surface area contributed by atoms with Crippen molar-refractivity contribution in [3.8, 4) is 17.5 Å².